The van der Waals surface area contributed by atoms with Crippen molar-refractivity contribution in [3.05, 3.63) is 47.5 Å². The van der Waals surface area contributed by atoms with Crippen LogP contribution in [0.2, 0.25) is 0 Å². The third-order valence-corrected chi connectivity index (χ3v) is 3.90. The van der Waals surface area contributed by atoms with Crippen LogP contribution in [0.4, 0.5) is 0 Å². The quantitative estimate of drug-likeness (QED) is 0.537. The molecule has 0 bridgehead atoms. The minimum Gasteiger partial charge on any atom is -0.497 e. The summed E-state index contributed by atoms with van der Waals surface area (Å²) in [6, 6.07) is 8.98. The van der Waals surface area contributed by atoms with Crippen LogP contribution in [0.15, 0.2) is 36.4 Å². The zero-order valence-corrected chi connectivity index (χ0v) is 17.1. The van der Waals surface area contributed by atoms with Crippen molar-refractivity contribution in [2.45, 2.75) is 0 Å². The van der Waals surface area contributed by atoms with Gasteiger partial charge in [0.2, 0.25) is 5.78 Å². The number of hydrogen-bond acceptors (Lipinski definition) is 9. The van der Waals surface area contributed by atoms with Gasteiger partial charge < -0.3 is 28.4 Å². The lowest BCUT2D eigenvalue weighted by molar-refractivity contribution is -0.125. The second kappa shape index (κ2) is 10.7. The maximum Gasteiger partial charge on any atom is 0.338 e. The molecular formula is C21H22O9. The first kappa shape index (κ1) is 22.5. The first-order chi connectivity index (χ1) is 14.4. The van der Waals surface area contributed by atoms with Gasteiger partial charge >= 0.3 is 11.9 Å². The minimum atomic E-state index is -0.746. The third-order valence-electron chi connectivity index (χ3n) is 3.90. The molecule has 0 spiro atoms. The van der Waals surface area contributed by atoms with E-state index < -0.39 is 30.9 Å². The van der Waals surface area contributed by atoms with Gasteiger partial charge in [0.05, 0.1) is 39.6 Å². The maximum absolute atomic E-state index is 12.2. The van der Waals surface area contributed by atoms with Crippen molar-refractivity contribution in [2.75, 3.05) is 41.7 Å². The summed E-state index contributed by atoms with van der Waals surface area (Å²) in [6.07, 6.45) is 0. The van der Waals surface area contributed by atoms with E-state index in [4.69, 9.17) is 28.4 Å². The van der Waals surface area contributed by atoms with Crippen molar-refractivity contribution in [1.29, 1.82) is 0 Å². The standard InChI is InChI=1S/C21H22O9/c1-25-16-5-13(6-17(9-16)26-2)20(23)29-11-15(22)12-30-21(24)14-7-18(27-3)10-19(8-14)28-4/h5-10H,11-12H2,1-4H3. The summed E-state index contributed by atoms with van der Waals surface area (Å²) < 4.78 is 30.3. The number of ketones is 1. The van der Waals surface area contributed by atoms with E-state index >= 15 is 0 Å². The molecule has 0 saturated heterocycles. The van der Waals surface area contributed by atoms with Crippen molar-refractivity contribution in [2.24, 2.45) is 0 Å². The zero-order valence-electron chi connectivity index (χ0n) is 17.1. The Bertz CT molecular complexity index is 803. The van der Waals surface area contributed by atoms with Gasteiger partial charge in [0, 0.05) is 12.1 Å². The van der Waals surface area contributed by atoms with E-state index in [9.17, 15) is 14.4 Å². The van der Waals surface area contributed by atoms with Gasteiger partial charge in [-0.25, -0.2) is 9.59 Å². The first-order valence-corrected chi connectivity index (χ1v) is 8.72. The predicted octanol–water partition coefficient (Wildman–Crippen LogP) is 2.30. The molecule has 2 aromatic carbocycles. The molecule has 9 nitrogen and oxygen atoms in total. The predicted molar refractivity (Wildman–Crippen MR) is 105 cm³/mol. The molecule has 2 aromatic rings. The highest BCUT2D eigenvalue weighted by atomic mass is 16.6. The largest absolute Gasteiger partial charge is 0.497 e. The molecule has 30 heavy (non-hydrogen) atoms. The average molecular weight is 418 g/mol. The summed E-state index contributed by atoms with van der Waals surface area (Å²) in [5, 5.41) is 0. The van der Waals surface area contributed by atoms with Crippen LogP contribution in [-0.2, 0) is 14.3 Å². The fourth-order valence-electron chi connectivity index (χ4n) is 2.35. The van der Waals surface area contributed by atoms with Crippen LogP contribution in [0, 0.1) is 0 Å². The van der Waals surface area contributed by atoms with E-state index in [1.165, 1.54) is 52.7 Å². The second-order valence-electron chi connectivity index (χ2n) is 5.89. The molecular weight excluding hydrogens is 396 g/mol. The number of ether oxygens (including phenoxy) is 6. The molecule has 2 rings (SSSR count). The molecule has 0 heterocycles. The molecule has 0 atom stereocenters. The Balaban J connectivity index is 1.91. The molecule has 0 saturated carbocycles. The SMILES string of the molecule is COc1cc(OC)cc(C(=O)OCC(=O)COC(=O)c2cc(OC)cc(OC)c2)c1. The summed E-state index contributed by atoms with van der Waals surface area (Å²) in [6.45, 7) is -1.12. The molecule has 160 valence electrons. The highest BCUT2D eigenvalue weighted by Crippen LogP contribution is 2.24. The van der Waals surface area contributed by atoms with E-state index in [0.717, 1.165) is 0 Å². The van der Waals surface area contributed by atoms with Gasteiger partial charge in [0.1, 0.15) is 23.0 Å². The van der Waals surface area contributed by atoms with Crippen LogP contribution >= 0.6 is 0 Å². The summed E-state index contributed by atoms with van der Waals surface area (Å²) in [7, 11) is 5.78. The van der Waals surface area contributed by atoms with Crippen LogP contribution in [0.5, 0.6) is 23.0 Å². The number of carbonyl (C=O) groups is 3. The molecule has 0 unspecified atom stereocenters. The zero-order chi connectivity index (χ0) is 22.1. The Morgan fingerprint density at radius 1 is 0.567 bits per heavy atom. The topological polar surface area (TPSA) is 107 Å². The molecule has 0 aliphatic heterocycles. The van der Waals surface area contributed by atoms with Crippen LogP contribution in [0.25, 0.3) is 0 Å². The molecule has 9 heteroatoms. The molecule has 0 amide bonds. The van der Waals surface area contributed by atoms with Gasteiger partial charge in [-0.15, -0.1) is 0 Å². The molecule has 0 fully saturated rings. The van der Waals surface area contributed by atoms with Gasteiger partial charge in [-0.3, -0.25) is 4.79 Å². The fraction of sp³-hybridized carbons (Fsp3) is 0.286. The first-order valence-electron chi connectivity index (χ1n) is 8.72. The van der Waals surface area contributed by atoms with Gasteiger partial charge in [0.15, 0.2) is 13.2 Å². The van der Waals surface area contributed by atoms with Gasteiger partial charge in [-0.1, -0.05) is 0 Å². The van der Waals surface area contributed by atoms with E-state index in [1.807, 2.05) is 0 Å². The lowest BCUT2D eigenvalue weighted by atomic mass is 10.2. The Labute approximate surface area is 173 Å². The summed E-state index contributed by atoms with van der Waals surface area (Å²) >= 11 is 0. The van der Waals surface area contributed by atoms with Crippen molar-refractivity contribution < 1.29 is 42.8 Å². The maximum atomic E-state index is 12.2. The van der Waals surface area contributed by atoms with E-state index in [2.05, 4.69) is 0 Å². The normalized spacial score (nSPS) is 10.0. The number of carbonyl (C=O) groups excluding carboxylic acids is 3. The van der Waals surface area contributed by atoms with Crippen LogP contribution in [0.3, 0.4) is 0 Å². The third kappa shape index (κ3) is 6.13. The van der Waals surface area contributed by atoms with E-state index in [0.29, 0.717) is 23.0 Å². The Hall–Kier alpha value is -3.75. The van der Waals surface area contributed by atoms with Gasteiger partial charge in [-0.2, -0.15) is 0 Å². The Morgan fingerprint density at radius 2 is 0.867 bits per heavy atom. The summed E-state index contributed by atoms with van der Waals surface area (Å²) in [5.74, 6) is -0.494. The number of hydrogen-bond donors (Lipinski definition) is 0. The molecule has 0 radical (unpaired) electrons. The minimum absolute atomic E-state index is 0.152. The monoisotopic (exact) mass is 418 g/mol. The van der Waals surface area contributed by atoms with Crippen molar-refractivity contribution in [3.8, 4) is 23.0 Å². The van der Waals surface area contributed by atoms with Gasteiger partial charge in [-0.05, 0) is 24.3 Å². The number of esters is 2. The van der Waals surface area contributed by atoms with Crippen LogP contribution in [-0.4, -0.2) is 59.4 Å². The molecule has 0 N–H and O–H groups in total. The van der Waals surface area contributed by atoms with Crippen molar-refractivity contribution in [1.82, 2.24) is 0 Å². The van der Waals surface area contributed by atoms with Crippen molar-refractivity contribution >= 4 is 17.7 Å². The molecule has 0 aromatic heterocycles. The fourth-order valence-corrected chi connectivity index (χ4v) is 2.35. The lowest BCUT2D eigenvalue weighted by Gasteiger charge is -2.10. The Kier molecular flexibility index (Phi) is 8.04. The highest BCUT2D eigenvalue weighted by molar-refractivity contribution is 5.94. The second-order valence-corrected chi connectivity index (χ2v) is 5.89. The van der Waals surface area contributed by atoms with Crippen molar-refractivity contribution in [3.63, 3.8) is 0 Å². The van der Waals surface area contributed by atoms with E-state index in [-0.39, 0.29) is 11.1 Å². The number of benzene rings is 2. The lowest BCUT2D eigenvalue weighted by Crippen LogP contribution is -2.20. The smallest absolute Gasteiger partial charge is 0.338 e. The van der Waals surface area contributed by atoms with Gasteiger partial charge in [0.25, 0.3) is 0 Å². The van der Waals surface area contributed by atoms with Crippen LogP contribution in [0.1, 0.15) is 20.7 Å². The number of rotatable bonds is 10. The highest BCUT2D eigenvalue weighted by Gasteiger charge is 2.16. The summed E-state index contributed by atoms with van der Waals surface area (Å²) in [4.78, 5) is 36.3. The molecule has 0 aliphatic rings. The average Bonchev–Trinajstić information content (AvgIpc) is 2.79. The molecule has 0 aliphatic carbocycles. The van der Waals surface area contributed by atoms with Crippen LogP contribution < -0.4 is 18.9 Å². The Morgan fingerprint density at radius 3 is 1.13 bits per heavy atom. The summed E-state index contributed by atoms with van der Waals surface area (Å²) in [5.41, 5.74) is 0.305. The number of Topliss-reactive ketones (excluding diaryl/α,β-unsaturated/α-hetero) is 1. The number of methoxy groups -OCH3 is 4. The van der Waals surface area contributed by atoms with E-state index in [1.54, 1.807) is 12.1 Å².